The van der Waals surface area contributed by atoms with Gasteiger partial charge in [0.25, 0.3) is 0 Å². The highest BCUT2D eigenvalue weighted by Gasteiger charge is 2.32. The van der Waals surface area contributed by atoms with Crippen LogP contribution >= 0.6 is 0 Å². The average molecular weight is 275 g/mol. The summed E-state index contributed by atoms with van der Waals surface area (Å²) in [6.07, 6.45) is -0.595. The minimum Gasteiger partial charge on any atom is -0.444 e. The molecule has 0 bridgehead atoms. The molecule has 1 unspecified atom stereocenters. The van der Waals surface area contributed by atoms with E-state index >= 15 is 0 Å². The summed E-state index contributed by atoms with van der Waals surface area (Å²) in [5.74, 6) is -0.0429. The molecule has 0 radical (unpaired) electrons. The molecule has 1 amide bonds. The summed E-state index contributed by atoms with van der Waals surface area (Å²) >= 11 is 0. The molecule has 1 atom stereocenters. The molecule has 0 aliphatic carbocycles. The van der Waals surface area contributed by atoms with Crippen molar-refractivity contribution < 1.29 is 23.5 Å². The fourth-order valence-electron chi connectivity index (χ4n) is 1.72. The Hall–Kier alpha value is -1.17. The van der Waals surface area contributed by atoms with Crippen molar-refractivity contribution >= 4 is 11.9 Å². The summed E-state index contributed by atoms with van der Waals surface area (Å²) in [7, 11) is 0. The maximum atomic E-state index is 12.0. The number of ketones is 1. The zero-order valence-corrected chi connectivity index (χ0v) is 11.8. The van der Waals surface area contributed by atoms with Gasteiger partial charge in [0.05, 0.1) is 19.8 Å². The summed E-state index contributed by atoms with van der Waals surface area (Å²) in [6, 6.07) is 0. The van der Waals surface area contributed by atoms with Crippen LogP contribution in [0.25, 0.3) is 0 Å². The van der Waals surface area contributed by atoms with Crippen LogP contribution in [-0.2, 0) is 14.3 Å². The minimum absolute atomic E-state index is 0.0429. The average Bonchev–Trinajstić information content (AvgIpc) is 2.29. The molecule has 0 aromatic heterocycles. The molecule has 1 heterocycles. The molecule has 0 aromatic carbocycles. The number of likely N-dealkylation sites (tertiary alicyclic amines) is 1. The number of ether oxygens (including phenoxy) is 2. The van der Waals surface area contributed by atoms with Crippen molar-refractivity contribution in [2.45, 2.75) is 45.3 Å². The van der Waals surface area contributed by atoms with Gasteiger partial charge in [-0.15, -0.1) is 0 Å². The number of carbonyl (C=O) groups excluding carboxylic acids is 2. The second-order valence-electron chi connectivity index (χ2n) is 5.54. The zero-order valence-electron chi connectivity index (χ0n) is 11.8. The number of piperidine rings is 1. The molecule has 1 fully saturated rings. The number of hydrogen-bond acceptors (Lipinski definition) is 4. The van der Waals surface area contributed by atoms with Gasteiger partial charge in [0.1, 0.15) is 11.7 Å². The Morgan fingerprint density at radius 2 is 2.16 bits per heavy atom. The first-order valence-electron chi connectivity index (χ1n) is 6.51. The van der Waals surface area contributed by atoms with Gasteiger partial charge in [-0.05, 0) is 27.2 Å². The quantitative estimate of drug-likeness (QED) is 0.736. The largest absolute Gasteiger partial charge is 0.444 e. The molecule has 19 heavy (non-hydrogen) atoms. The van der Waals surface area contributed by atoms with Crippen LogP contribution in [0.15, 0.2) is 0 Å². The molecule has 0 spiro atoms. The fraction of sp³-hybridized carbons (Fsp3) is 0.846. The van der Waals surface area contributed by atoms with E-state index in [0.717, 1.165) is 0 Å². The SMILES string of the molecule is CC(C)(C)OC(=O)N1CCC(=O)C(OCCCF)C1. The topological polar surface area (TPSA) is 55.8 Å². The standard InChI is InChI=1S/C13H22FNO4/c1-13(2,3)19-12(17)15-7-5-10(16)11(9-15)18-8-4-6-14/h11H,4-9H2,1-3H3. The van der Waals surface area contributed by atoms with Gasteiger partial charge in [-0.25, -0.2) is 4.79 Å². The van der Waals surface area contributed by atoms with E-state index in [-0.39, 0.29) is 31.8 Å². The highest BCUT2D eigenvalue weighted by atomic mass is 19.1. The number of nitrogens with zero attached hydrogens (tertiary/aromatic N) is 1. The summed E-state index contributed by atoms with van der Waals surface area (Å²) in [6.45, 7) is 5.60. The van der Waals surface area contributed by atoms with Gasteiger partial charge in [-0.2, -0.15) is 0 Å². The Morgan fingerprint density at radius 3 is 2.74 bits per heavy atom. The van der Waals surface area contributed by atoms with E-state index in [4.69, 9.17) is 9.47 Å². The lowest BCUT2D eigenvalue weighted by atomic mass is 10.1. The maximum absolute atomic E-state index is 12.0. The lowest BCUT2D eigenvalue weighted by Crippen LogP contribution is -2.49. The molecule has 1 rings (SSSR count). The predicted octanol–water partition coefficient (Wildman–Crippen LogP) is 1.94. The Labute approximate surface area is 113 Å². The van der Waals surface area contributed by atoms with Crippen LogP contribution < -0.4 is 0 Å². The summed E-state index contributed by atoms with van der Waals surface area (Å²) in [4.78, 5) is 25.0. The molecular weight excluding hydrogens is 253 g/mol. The molecule has 6 heteroatoms. The molecule has 5 nitrogen and oxygen atoms in total. The van der Waals surface area contributed by atoms with E-state index in [1.54, 1.807) is 20.8 Å². The molecular formula is C13H22FNO4. The third kappa shape index (κ3) is 5.55. The second-order valence-corrected chi connectivity index (χ2v) is 5.54. The smallest absolute Gasteiger partial charge is 0.410 e. The van der Waals surface area contributed by atoms with E-state index in [1.807, 2.05) is 0 Å². The fourth-order valence-corrected chi connectivity index (χ4v) is 1.72. The molecule has 1 aliphatic rings. The Morgan fingerprint density at radius 1 is 1.47 bits per heavy atom. The number of Topliss-reactive ketones (excluding diaryl/α,β-unsaturated/α-hetero) is 1. The molecule has 0 saturated carbocycles. The van der Waals surface area contributed by atoms with Gasteiger partial charge < -0.3 is 14.4 Å². The van der Waals surface area contributed by atoms with E-state index in [1.165, 1.54) is 4.90 Å². The van der Waals surface area contributed by atoms with E-state index < -0.39 is 24.5 Å². The van der Waals surface area contributed by atoms with E-state index in [9.17, 15) is 14.0 Å². The molecule has 110 valence electrons. The second kappa shape index (κ2) is 6.84. The van der Waals surface area contributed by atoms with Crippen molar-refractivity contribution in [3.63, 3.8) is 0 Å². The Bertz CT molecular complexity index is 327. The van der Waals surface area contributed by atoms with Gasteiger partial charge in [-0.1, -0.05) is 0 Å². The van der Waals surface area contributed by atoms with Crippen LogP contribution in [0.4, 0.5) is 9.18 Å². The van der Waals surface area contributed by atoms with Crippen LogP contribution in [0.1, 0.15) is 33.6 Å². The lowest BCUT2D eigenvalue weighted by molar-refractivity contribution is -0.135. The number of halogens is 1. The first-order valence-corrected chi connectivity index (χ1v) is 6.51. The van der Waals surface area contributed by atoms with Gasteiger partial charge in [0.2, 0.25) is 0 Å². The Kier molecular flexibility index (Phi) is 5.72. The molecule has 1 saturated heterocycles. The van der Waals surface area contributed by atoms with Crippen LogP contribution in [-0.4, -0.2) is 54.9 Å². The Balaban J connectivity index is 2.49. The summed E-state index contributed by atoms with van der Waals surface area (Å²) < 4.78 is 22.5. The normalized spacial score (nSPS) is 20.5. The minimum atomic E-state index is -0.659. The number of alkyl halides is 1. The van der Waals surface area contributed by atoms with Gasteiger partial charge in [0.15, 0.2) is 5.78 Å². The third-order valence-electron chi connectivity index (χ3n) is 2.62. The van der Waals surface area contributed by atoms with E-state index in [0.29, 0.717) is 6.54 Å². The van der Waals surface area contributed by atoms with Crippen LogP contribution in [0, 0.1) is 0 Å². The van der Waals surface area contributed by atoms with Crippen LogP contribution in [0.5, 0.6) is 0 Å². The molecule has 0 aromatic rings. The van der Waals surface area contributed by atoms with Gasteiger partial charge in [-0.3, -0.25) is 9.18 Å². The third-order valence-corrected chi connectivity index (χ3v) is 2.62. The number of carbonyl (C=O) groups is 2. The number of hydrogen-bond donors (Lipinski definition) is 0. The summed E-state index contributed by atoms with van der Waals surface area (Å²) in [5.41, 5.74) is -0.566. The highest BCUT2D eigenvalue weighted by Crippen LogP contribution is 2.15. The van der Waals surface area contributed by atoms with Crippen molar-refractivity contribution in [2.24, 2.45) is 0 Å². The van der Waals surface area contributed by atoms with Crippen molar-refractivity contribution in [1.29, 1.82) is 0 Å². The summed E-state index contributed by atoms with van der Waals surface area (Å²) in [5, 5.41) is 0. The first kappa shape index (κ1) is 15.9. The van der Waals surface area contributed by atoms with Crippen molar-refractivity contribution in [3.8, 4) is 0 Å². The van der Waals surface area contributed by atoms with Crippen molar-refractivity contribution in [3.05, 3.63) is 0 Å². The van der Waals surface area contributed by atoms with E-state index in [2.05, 4.69) is 0 Å². The first-order chi connectivity index (χ1) is 8.83. The van der Waals surface area contributed by atoms with Crippen molar-refractivity contribution in [1.82, 2.24) is 4.90 Å². The highest BCUT2D eigenvalue weighted by molar-refractivity contribution is 5.85. The van der Waals surface area contributed by atoms with Gasteiger partial charge in [0, 0.05) is 13.0 Å². The maximum Gasteiger partial charge on any atom is 0.410 e. The zero-order chi connectivity index (χ0) is 14.5. The van der Waals surface area contributed by atoms with Crippen molar-refractivity contribution in [2.75, 3.05) is 26.4 Å². The molecule has 0 N–H and O–H groups in total. The number of rotatable bonds is 4. The van der Waals surface area contributed by atoms with Crippen LogP contribution in [0.3, 0.4) is 0 Å². The monoisotopic (exact) mass is 275 g/mol. The van der Waals surface area contributed by atoms with Gasteiger partial charge >= 0.3 is 6.09 Å². The van der Waals surface area contributed by atoms with Crippen LogP contribution in [0.2, 0.25) is 0 Å². The lowest BCUT2D eigenvalue weighted by Gasteiger charge is -2.33. The predicted molar refractivity (Wildman–Crippen MR) is 67.8 cm³/mol. The molecule has 1 aliphatic heterocycles. The number of amides is 1.